The van der Waals surface area contributed by atoms with E-state index in [4.69, 9.17) is 9.47 Å². The van der Waals surface area contributed by atoms with E-state index >= 15 is 0 Å². The summed E-state index contributed by atoms with van der Waals surface area (Å²) >= 11 is 2.16. The zero-order valence-corrected chi connectivity index (χ0v) is 18.6. The summed E-state index contributed by atoms with van der Waals surface area (Å²) in [7, 11) is 0. The van der Waals surface area contributed by atoms with Gasteiger partial charge in [0.05, 0.1) is 6.54 Å². The molecule has 10 nitrogen and oxygen atoms in total. The molecule has 0 aliphatic rings. The number of aryl methyl sites for hydroxylation is 1. The van der Waals surface area contributed by atoms with Crippen LogP contribution in [0.1, 0.15) is 46.0 Å². The molecule has 1 aromatic carbocycles. The molecule has 30 heavy (non-hydrogen) atoms. The number of nitrogens with zero attached hydrogens (tertiary/aromatic N) is 2. The second-order valence-corrected chi connectivity index (χ2v) is 7.20. The minimum absolute atomic E-state index is 0.0436. The average Bonchev–Trinajstić information content (AvgIpc) is 3.07. The summed E-state index contributed by atoms with van der Waals surface area (Å²) in [5, 5.41) is 4.12. The maximum absolute atomic E-state index is 12.4. The number of rotatable bonds is 8. The molecule has 2 rings (SSSR count). The lowest BCUT2D eigenvalue weighted by molar-refractivity contribution is -0.150. The molecule has 2 aromatic rings. The van der Waals surface area contributed by atoms with E-state index in [-0.39, 0.29) is 17.9 Å². The lowest BCUT2D eigenvalue weighted by Crippen LogP contribution is -2.17. The Bertz CT molecular complexity index is 969. The van der Waals surface area contributed by atoms with Crippen LogP contribution in [-0.2, 0) is 35.1 Å². The van der Waals surface area contributed by atoms with Crippen LogP contribution in [0, 0.1) is 10.5 Å². The molecule has 0 unspecified atom stereocenters. The van der Waals surface area contributed by atoms with Gasteiger partial charge < -0.3 is 18.9 Å². The van der Waals surface area contributed by atoms with E-state index < -0.39 is 37.5 Å². The first-order chi connectivity index (χ1) is 14.2. The number of hydrogen-bond acceptors (Lipinski definition) is 9. The fraction of sp³-hybridized carbons (Fsp3) is 0.316. The van der Waals surface area contributed by atoms with Gasteiger partial charge >= 0.3 is 23.9 Å². The third kappa shape index (κ3) is 6.83. The van der Waals surface area contributed by atoms with Gasteiger partial charge in [-0.2, -0.15) is 5.10 Å². The van der Waals surface area contributed by atoms with Crippen molar-refractivity contribution < 1.29 is 38.1 Å². The minimum atomic E-state index is -0.886. The molecule has 11 heteroatoms. The number of hydrogen-bond donors (Lipinski definition) is 0. The van der Waals surface area contributed by atoms with Gasteiger partial charge in [0, 0.05) is 23.5 Å². The topological polar surface area (TPSA) is 123 Å². The molecule has 0 aliphatic carbocycles. The van der Waals surface area contributed by atoms with Gasteiger partial charge in [-0.25, -0.2) is 9.59 Å². The van der Waals surface area contributed by atoms with E-state index in [1.54, 1.807) is 0 Å². The van der Waals surface area contributed by atoms with Crippen LogP contribution in [-0.4, -0.2) is 47.2 Å². The lowest BCUT2D eigenvalue weighted by Gasteiger charge is -2.10. The van der Waals surface area contributed by atoms with Crippen molar-refractivity contribution in [3.63, 3.8) is 0 Å². The quantitative estimate of drug-likeness (QED) is 0.287. The van der Waals surface area contributed by atoms with Gasteiger partial charge in [0.25, 0.3) is 0 Å². The van der Waals surface area contributed by atoms with Crippen molar-refractivity contribution in [2.24, 2.45) is 0 Å². The van der Waals surface area contributed by atoms with Crippen LogP contribution in [0.4, 0.5) is 0 Å². The predicted molar refractivity (Wildman–Crippen MR) is 109 cm³/mol. The van der Waals surface area contributed by atoms with Crippen LogP contribution in [0.2, 0.25) is 0 Å². The van der Waals surface area contributed by atoms with E-state index in [9.17, 15) is 19.2 Å². The Kier molecular flexibility index (Phi) is 8.33. The highest BCUT2D eigenvalue weighted by molar-refractivity contribution is 14.1. The molecule has 0 aliphatic heterocycles. The maximum Gasteiger partial charge on any atom is 0.361 e. The maximum atomic E-state index is 12.4. The molecule has 160 valence electrons. The first-order valence-electron chi connectivity index (χ1n) is 8.61. The summed E-state index contributed by atoms with van der Waals surface area (Å²) in [6.45, 7) is 3.32. The highest BCUT2D eigenvalue weighted by Crippen LogP contribution is 2.17. The fourth-order valence-electron chi connectivity index (χ4n) is 2.22. The van der Waals surface area contributed by atoms with E-state index in [1.807, 2.05) is 25.1 Å². The van der Waals surface area contributed by atoms with Crippen LogP contribution < -0.4 is 0 Å². The summed E-state index contributed by atoms with van der Waals surface area (Å²) < 4.78 is 21.1. The van der Waals surface area contributed by atoms with E-state index in [0.717, 1.165) is 14.7 Å². The van der Waals surface area contributed by atoms with Crippen molar-refractivity contribution in [1.29, 1.82) is 0 Å². The van der Waals surface area contributed by atoms with Crippen molar-refractivity contribution in [2.45, 2.75) is 27.3 Å². The van der Waals surface area contributed by atoms with E-state index in [0.29, 0.717) is 0 Å². The normalized spacial score (nSPS) is 10.3. The van der Waals surface area contributed by atoms with Crippen LogP contribution >= 0.6 is 22.6 Å². The van der Waals surface area contributed by atoms with Gasteiger partial charge in [-0.1, -0.05) is 17.7 Å². The summed E-state index contributed by atoms with van der Waals surface area (Å²) in [6.07, 6.45) is 0. The molecule has 0 saturated heterocycles. The molecular weight excluding hydrogens is 511 g/mol. The Hall–Kier alpha value is -2.96. The first kappa shape index (κ1) is 23.3. The summed E-state index contributed by atoms with van der Waals surface area (Å²) in [5.41, 5.74) is 1.71. The second kappa shape index (κ2) is 10.7. The molecule has 0 N–H and O–H groups in total. The molecule has 0 amide bonds. The van der Waals surface area contributed by atoms with Gasteiger partial charge in [-0.05, 0) is 41.1 Å². The lowest BCUT2D eigenvalue weighted by atomic mass is 10.1. The molecule has 0 spiro atoms. The Labute approximate surface area is 185 Å². The molecule has 1 aromatic heterocycles. The van der Waals surface area contributed by atoms with Crippen LogP contribution in [0.5, 0.6) is 0 Å². The predicted octanol–water partition coefficient (Wildman–Crippen LogP) is 2.20. The van der Waals surface area contributed by atoms with E-state index in [2.05, 4.69) is 37.2 Å². The summed E-state index contributed by atoms with van der Waals surface area (Å²) in [4.78, 5) is 46.2. The Morgan fingerprint density at radius 2 is 1.53 bits per heavy atom. The molecule has 0 atom stereocenters. The first-order valence-corrected chi connectivity index (χ1v) is 9.69. The van der Waals surface area contributed by atoms with Crippen molar-refractivity contribution in [3.8, 4) is 0 Å². The molecule has 0 bridgehead atoms. The molecule has 1 heterocycles. The number of esters is 4. The SMILES string of the molecule is CC(=O)OCOC(=O)c1cc(C(=O)OCOC(C)=O)n(Cc2ccc(C)cc2I)n1. The highest BCUT2D eigenvalue weighted by Gasteiger charge is 2.22. The number of carbonyl (C=O) groups is 4. The largest absolute Gasteiger partial charge is 0.428 e. The molecule has 0 radical (unpaired) electrons. The average molecular weight is 530 g/mol. The van der Waals surface area contributed by atoms with Crippen LogP contribution in [0.25, 0.3) is 0 Å². The van der Waals surface area contributed by atoms with Gasteiger partial charge in [0.15, 0.2) is 5.69 Å². The molecule has 0 fully saturated rings. The van der Waals surface area contributed by atoms with Gasteiger partial charge in [0.2, 0.25) is 13.6 Å². The Balaban J connectivity index is 2.26. The fourth-order valence-corrected chi connectivity index (χ4v) is 3.06. The van der Waals surface area contributed by atoms with Crippen LogP contribution in [0.3, 0.4) is 0 Å². The number of aromatic nitrogens is 2. The van der Waals surface area contributed by atoms with Gasteiger partial charge in [0.1, 0.15) is 5.69 Å². The van der Waals surface area contributed by atoms with Crippen LogP contribution in [0.15, 0.2) is 24.3 Å². The second-order valence-electron chi connectivity index (χ2n) is 6.04. The Morgan fingerprint density at radius 1 is 0.933 bits per heavy atom. The van der Waals surface area contributed by atoms with Crippen molar-refractivity contribution in [2.75, 3.05) is 13.6 Å². The number of halogens is 1. The van der Waals surface area contributed by atoms with Crippen molar-refractivity contribution in [3.05, 3.63) is 50.4 Å². The number of carbonyl (C=O) groups excluding carboxylic acids is 4. The van der Waals surface area contributed by atoms with Gasteiger partial charge in [-0.3, -0.25) is 14.3 Å². The van der Waals surface area contributed by atoms with Gasteiger partial charge in [-0.15, -0.1) is 0 Å². The third-order valence-electron chi connectivity index (χ3n) is 3.63. The summed E-state index contributed by atoms with van der Waals surface area (Å²) in [5.74, 6) is -2.95. The monoisotopic (exact) mass is 530 g/mol. The standard InChI is InChI=1S/C19H19IN2O8/c1-11-4-5-14(15(20)6-11)8-22-17(19(26)30-10-28-13(3)24)7-16(21-22)18(25)29-9-27-12(2)23/h4-7H,8-10H2,1-3H3. The van der Waals surface area contributed by atoms with Crippen molar-refractivity contribution >= 4 is 46.5 Å². The third-order valence-corrected chi connectivity index (χ3v) is 4.64. The zero-order chi connectivity index (χ0) is 22.3. The Morgan fingerprint density at radius 3 is 2.10 bits per heavy atom. The zero-order valence-electron chi connectivity index (χ0n) is 16.5. The molecular formula is C19H19IN2O8. The smallest absolute Gasteiger partial charge is 0.361 e. The molecule has 0 saturated carbocycles. The van der Waals surface area contributed by atoms with Crippen molar-refractivity contribution in [1.82, 2.24) is 9.78 Å². The number of ether oxygens (including phenoxy) is 4. The summed E-state index contributed by atoms with van der Waals surface area (Å²) in [6, 6.07) is 6.94. The van der Waals surface area contributed by atoms with E-state index in [1.165, 1.54) is 24.6 Å². The minimum Gasteiger partial charge on any atom is -0.428 e. The number of benzene rings is 1. The highest BCUT2D eigenvalue weighted by atomic mass is 127.